The summed E-state index contributed by atoms with van der Waals surface area (Å²) in [5.41, 5.74) is 0. The molecule has 1 aliphatic heterocycles. The van der Waals surface area contributed by atoms with Crippen LogP contribution in [-0.4, -0.2) is 30.3 Å². The van der Waals surface area contributed by atoms with Gasteiger partial charge in [0.25, 0.3) is 0 Å². The minimum atomic E-state index is 0.774. The zero-order valence-electron chi connectivity index (χ0n) is 9.71. The van der Waals surface area contributed by atoms with Crippen LogP contribution in [-0.2, 0) is 0 Å². The average molecular weight is 215 g/mol. The van der Waals surface area contributed by atoms with E-state index >= 15 is 0 Å². The summed E-state index contributed by atoms with van der Waals surface area (Å²) < 4.78 is 0. The van der Waals surface area contributed by atoms with Gasteiger partial charge < -0.3 is 4.90 Å². The summed E-state index contributed by atoms with van der Waals surface area (Å²) in [5, 5.41) is 0. The third-order valence-corrected chi connectivity index (χ3v) is 3.84. The van der Waals surface area contributed by atoms with Gasteiger partial charge in [-0.15, -0.1) is 0 Å². The molecule has 0 bridgehead atoms. The Labute approximate surface area is 94.7 Å². The van der Waals surface area contributed by atoms with Crippen LogP contribution in [0.4, 0.5) is 0 Å². The van der Waals surface area contributed by atoms with Gasteiger partial charge in [-0.2, -0.15) is 12.6 Å². The Morgan fingerprint density at radius 3 is 2.07 bits per heavy atom. The Bertz CT molecular complexity index is 139. The molecule has 1 fully saturated rings. The molecule has 0 N–H and O–H groups in total. The van der Waals surface area contributed by atoms with E-state index in [4.69, 9.17) is 0 Å². The predicted octanol–water partition coefficient (Wildman–Crippen LogP) is 3.06. The fourth-order valence-electron chi connectivity index (χ4n) is 2.13. The molecule has 2 heteroatoms. The van der Waals surface area contributed by atoms with Gasteiger partial charge in [0, 0.05) is 6.54 Å². The maximum absolute atomic E-state index is 4.45. The van der Waals surface area contributed by atoms with E-state index in [1.54, 1.807) is 0 Å². The van der Waals surface area contributed by atoms with Crippen molar-refractivity contribution in [2.24, 2.45) is 11.8 Å². The first-order valence-corrected chi connectivity index (χ1v) is 6.70. The van der Waals surface area contributed by atoms with Gasteiger partial charge in [0.15, 0.2) is 0 Å². The van der Waals surface area contributed by atoms with Gasteiger partial charge >= 0.3 is 0 Å². The first-order chi connectivity index (χ1) is 6.74. The van der Waals surface area contributed by atoms with Crippen LogP contribution in [0.5, 0.6) is 0 Å². The first-order valence-electron chi connectivity index (χ1n) is 6.07. The molecule has 0 aromatic rings. The summed E-state index contributed by atoms with van der Waals surface area (Å²) >= 11 is 4.45. The van der Waals surface area contributed by atoms with E-state index in [1.807, 2.05) is 0 Å². The van der Waals surface area contributed by atoms with Crippen molar-refractivity contribution in [1.29, 1.82) is 0 Å². The number of likely N-dealkylation sites (tertiary alicyclic amines) is 1. The number of rotatable bonds is 4. The fourth-order valence-corrected chi connectivity index (χ4v) is 2.67. The number of hydrogen-bond acceptors (Lipinski definition) is 2. The molecule has 1 rings (SSSR count). The summed E-state index contributed by atoms with van der Waals surface area (Å²) in [5.74, 6) is 2.58. The smallest absolute Gasteiger partial charge is 0.00199 e. The third kappa shape index (κ3) is 4.22. The van der Waals surface area contributed by atoms with Crippen LogP contribution >= 0.6 is 12.6 Å². The van der Waals surface area contributed by atoms with E-state index in [9.17, 15) is 0 Å². The van der Waals surface area contributed by atoms with Gasteiger partial charge in [-0.3, -0.25) is 0 Å². The molecule has 1 atom stereocenters. The largest absolute Gasteiger partial charge is 0.303 e. The summed E-state index contributed by atoms with van der Waals surface area (Å²) in [6.07, 6.45) is 5.67. The molecule has 0 aromatic heterocycles. The topological polar surface area (TPSA) is 3.24 Å². The average Bonchev–Trinajstić information content (AvgIpc) is 2.41. The van der Waals surface area contributed by atoms with E-state index in [2.05, 4.69) is 31.4 Å². The number of nitrogens with zero attached hydrogens (tertiary/aromatic N) is 1. The lowest BCUT2D eigenvalue weighted by atomic mass is 9.97. The monoisotopic (exact) mass is 215 g/mol. The van der Waals surface area contributed by atoms with Crippen molar-refractivity contribution in [2.45, 2.75) is 39.5 Å². The van der Waals surface area contributed by atoms with Crippen molar-refractivity contribution in [3.05, 3.63) is 0 Å². The van der Waals surface area contributed by atoms with Crippen molar-refractivity contribution in [2.75, 3.05) is 25.4 Å². The molecule has 1 nitrogen and oxygen atoms in total. The van der Waals surface area contributed by atoms with E-state index in [1.165, 1.54) is 45.3 Å². The maximum atomic E-state index is 4.45. The Kier molecular flexibility index (Phi) is 5.95. The highest BCUT2D eigenvalue weighted by Gasteiger charge is 2.17. The molecule has 0 radical (unpaired) electrons. The molecule has 14 heavy (non-hydrogen) atoms. The van der Waals surface area contributed by atoms with Crippen LogP contribution in [0.15, 0.2) is 0 Å². The summed E-state index contributed by atoms with van der Waals surface area (Å²) in [7, 11) is 0. The Balaban J connectivity index is 2.32. The quantitative estimate of drug-likeness (QED) is 0.705. The second-order valence-corrected chi connectivity index (χ2v) is 5.27. The molecular weight excluding hydrogens is 190 g/mol. The summed E-state index contributed by atoms with van der Waals surface area (Å²) in [6, 6.07) is 0. The summed E-state index contributed by atoms with van der Waals surface area (Å²) in [4.78, 5) is 2.65. The van der Waals surface area contributed by atoms with Gasteiger partial charge in [-0.25, -0.2) is 0 Å². The number of hydrogen-bond donors (Lipinski definition) is 1. The van der Waals surface area contributed by atoms with Crippen molar-refractivity contribution in [1.82, 2.24) is 4.90 Å². The molecule has 0 spiro atoms. The van der Waals surface area contributed by atoms with Gasteiger partial charge in [0.05, 0.1) is 0 Å². The molecular formula is C12H25NS. The highest BCUT2D eigenvalue weighted by molar-refractivity contribution is 7.80. The standard InChI is InChI=1S/C12H25NS/c1-11(2)12(10-14)9-13-7-5-3-4-6-8-13/h11-12,14H,3-10H2,1-2H3. The van der Waals surface area contributed by atoms with Gasteiger partial charge in [-0.1, -0.05) is 26.7 Å². The lowest BCUT2D eigenvalue weighted by molar-refractivity contribution is 0.221. The van der Waals surface area contributed by atoms with E-state index in [0.29, 0.717) is 0 Å². The molecule has 1 aliphatic rings. The Morgan fingerprint density at radius 2 is 1.64 bits per heavy atom. The maximum Gasteiger partial charge on any atom is 0.00199 e. The SMILES string of the molecule is CC(C)C(CS)CN1CCCCCC1. The molecule has 0 aromatic carbocycles. The van der Waals surface area contributed by atoms with Crippen molar-refractivity contribution in [3.8, 4) is 0 Å². The van der Waals surface area contributed by atoms with E-state index in [0.717, 1.165) is 17.6 Å². The van der Waals surface area contributed by atoms with Gasteiger partial charge in [-0.05, 0) is 43.5 Å². The summed E-state index contributed by atoms with van der Waals surface area (Å²) in [6.45, 7) is 8.53. The lowest BCUT2D eigenvalue weighted by Gasteiger charge is -2.27. The molecule has 1 saturated heterocycles. The van der Waals surface area contributed by atoms with Crippen LogP contribution in [0.3, 0.4) is 0 Å². The second-order valence-electron chi connectivity index (χ2n) is 4.90. The Morgan fingerprint density at radius 1 is 1.07 bits per heavy atom. The fraction of sp³-hybridized carbons (Fsp3) is 1.00. The van der Waals surface area contributed by atoms with Crippen LogP contribution in [0, 0.1) is 11.8 Å². The normalized spacial score (nSPS) is 22.3. The van der Waals surface area contributed by atoms with Gasteiger partial charge in [0.2, 0.25) is 0 Å². The van der Waals surface area contributed by atoms with Crippen LogP contribution < -0.4 is 0 Å². The van der Waals surface area contributed by atoms with E-state index in [-0.39, 0.29) is 0 Å². The van der Waals surface area contributed by atoms with Crippen molar-refractivity contribution >= 4 is 12.6 Å². The molecule has 0 amide bonds. The second kappa shape index (κ2) is 6.73. The Hall–Kier alpha value is 0.310. The number of thiol groups is 1. The third-order valence-electron chi connectivity index (χ3n) is 3.37. The van der Waals surface area contributed by atoms with E-state index < -0.39 is 0 Å². The molecule has 0 saturated carbocycles. The van der Waals surface area contributed by atoms with Crippen LogP contribution in [0.1, 0.15) is 39.5 Å². The minimum Gasteiger partial charge on any atom is -0.303 e. The van der Waals surface area contributed by atoms with Crippen LogP contribution in [0.2, 0.25) is 0 Å². The molecule has 84 valence electrons. The molecule has 1 unspecified atom stereocenters. The molecule has 0 aliphatic carbocycles. The molecule has 1 heterocycles. The van der Waals surface area contributed by atoms with Crippen molar-refractivity contribution in [3.63, 3.8) is 0 Å². The zero-order valence-corrected chi connectivity index (χ0v) is 10.6. The van der Waals surface area contributed by atoms with Crippen molar-refractivity contribution < 1.29 is 0 Å². The highest BCUT2D eigenvalue weighted by Crippen LogP contribution is 2.17. The minimum absolute atomic E-state index is 0.774. The predicted molar refractivity (Wildman–Crippen MR) is 67.1 cm³/mol. The highest BCUT2D eigenvalue weighted by atomic mass is 32.1. The van der Waals surface area contributed by atoms with Gasteiger partial charge in [0.1, 0.15) is 0 Å². The lowest BCUT2D eigenvalue weighted by Crippen LogP contribution is -2.33. The van der Waals surface area contributed by atoms with Crippen LogP contribution in [0.25, 0.3) is 0 Å². The zero-order chi connectivity index (χ0) is 10.4. The first kappa shape index (κ1) is 12.4.